The van der Waals surface area contributed by atoms with Crippen LogP contribution in [-0.2, 0) is 45.1 Å². The van der Waals surface area contributed by atoms with E-state index in [-0.39, 0.29) is 42.4 Å². The SMILES string of the molecule is CCCCN(CCCC)CCCC.CCCCN(CCCC)CCCC.CCCCN(CCCC)CCCC.CCCCN(CCCC)CCCC.Nc1ncnc2c1ncn2[C@@H]1O[C@H](CO[P@](O)OP(=O)(O)OP(=O)(O)OP(=O)(O)OC[C@H]2O[C@@H](n3cnc4c(N)ncnc43)[C@H](O)[C@@H]2O)[C@@H](O)[C@H]1O.[B]. The molecule has 105 heavy (non-hydrogen) atoms. The summed E-state index contributed by atoms with van der Waals surface area (Å²) < 4.78 is 72.1. The molecule has 2 aliphatic rings. The Labute approximate surface area is 630 Å². The Morgan fingerprint density at radius 2 is 0.686 bits per heavy atom. The van der Waals surface area contributed by atoms with Crippen LogP contribution in [-0.4, -0.2) is 235 Å². The van der Waals surface area contributed by atoms with Gasteiger partial charge in [0.1, 0.15) is 60.3 Å². The van der Waals surface area contributed by atoms with Gasteiger partial charge in [-0.05, 0) is 156 Å². The summed E-state index contributed by atoms with van der Waals surface area (Å²) in [5, 5.41) is 41.8. The van der Waals surface area contributed by atoms with Gasteiger partial charge in [0, 0.05) is 8.41 Å². The number of hydrogen-bond donors (Lipinski definition) is 10. The third kappa shape index (κ3) is 39.2. The molecule has 0 bridgehead atoms. The lowest BCUT2D eigenvalue weighted by atomic mass is 10.1. The highest BCUT2D eigenvalue weighted by Gasteiger charge is 2.49. The van der Waals surface area contributed by atoms with Gasteiger partial charge in [0.25, 0.3) is 0 Å². The lowest BCUT2D eigenvalue weighted by Crippen LogP contribution is -2.33. The zero-order valence-corrected chi connectivity index (χ0v) is 68.9. The topological polar surface area (TPSA) is 430 Å². The molecular weight excluding hydrogens is 1440 g/mol. The van der Waals surface area contributed by atoms with Crippen molar-refractivity contribution in [3.05, 3.63) is 25.3 Å². The van der Waals surface area contributed by atoms with Crippen molar-refractivity contribution in [1.82, 2.24) is 58.6 Å². The maximum absolute atomic E-state index is 12.4. The van der Waals surface area contributed by atoms with E-state index in [4.69, 9.17) is 25.5 Å². The Bertz CT molecular complexity index is 2810. The molecule has 2 aliphatic heterocycles. The van der Waals surface area contributed by atoms with Gasteiger partial charge in [-0.15, -0.1) is 0 Å². The van der Waals surface area contributed by atoms with Crippen molar-refractivity contribution >= 4 is 74.4 Å². The molecule has 4 aromatic heterocycles. The minimum Gasteiger partial charge on any atom is -0.387 e. The van der Waals surface area contributed by atoms with E-state index in [1.54, 1.807) is 0 Å². The van der Waals surface area contributed by atoms with Crippen molar-refractivity contribution in [2.24, 2.45) is 0 Å². The summed E-state index contributed by atoms with van der Waals surface area (Å²) >= 11 is 0. The molecule has 3 unspecified atom stereocenters. The number of aliphatic hydroxyl groups excluding tert-OH is 4. The largest absolute Gasteiger partial charge is 0.490 e. The minimum atomic E-state index is -6.03. The minimum absolute atomic E-state index is 0. The van der Waals surface area contributed by atoms with Crippen LogP contribution in [0.3, 0.4) is 0 Å². The van der Waals surface area contributed by atoms with Gasteiger partial charge >= 0.3 is 32.1 Å². The molecule has 0 aromatic carbocycles. The van der Waals surface area contributed by atoms with Crippen molar-refractivity contribution in [3.63, 3.8) is 0 Å². The number of phosphoric ester groups is 1. The number of aromatic nitrogens is 8. The first-order valence-electron chi connectivity index (χ1n) is 38.4. The fourth-order valence-corrected chi connectivity index (χ4v) is 15.5. The quantitative estimate of drug-likeness (QED) is 0.0145. The van der Waals surface area contributed by atoms with E-state index in [9.17, 15) is 53.7 Å². The monoisotopic (exact) mass is 1570 g/mol. The van der Waals surface area contributed by atoms with Gasteiger partial charge in [-0.25, -0.2) is 47.9 Å². The van der Waals surface area contributed by atoms with Crippen LogP contribution in [0.2, 0.25) is 0 Å². The summed E-state index contributed by atoms with van der Waals surface area (Å²) in [7, 11) is -21.0. The molecule has 2 fully saturated rings. The number of phosphoric acid groups is 3. The Hall–Kier alpha value is -2.88. The smallest absolute Gasteiger partial charge is 0.387 e. The molecule has 3 radical (unpaired) electrons. The predicted molar refractivity (Wildman–Crippen MR) is 416 cm³/mol. The van der Waals surface area contributed by atoms with Crippen LogP contribution in [0.4, 0.5) is 11.6 Å². The second kappa shape index (κ2) is 57.2. The highest BCUT2D eigenvalue weighted by molar-refractivity contribution is 7.69. The molecule has 0 amide bonds. The third-order valence-corrected chi connectivity index (χ3v) is 22.8. The second-order valence-corrected chi connectivity index (χ2v) is 32.1. The van der Waals surface area contributed by atoms with Gasteiger partial charge in [-0.1, -0.05) is 160 Å². The summed E-state index contributed by atoms with van der Waals surface area (Å²) in [6, 6.07) is 0. The van der Waals surface area contributed by atoms with Gasteiger partial charge in [0.15, 0.2) is 35.4 Å². The average molecular weight is 1570 g/mol. The Morgan fingerprint density at radius 1 is 0.419 bits per heavy atom. The van der Waals surface area contributed by atoms with Crippen LogP contribution >= 0.6 is 32.1 Å². The number of hydrogen-bond acceptors (Lipinski definition) is 27. The van der Waals surface area contributed by atoms with Gasteiger partial charge in [-0.2, -0.15) is 8.62 Å². The number of ether oxygens (including phenoxy) is 2. The Balaban J connectivity index is 0.000000839. The molecule has 4 aromatic rings. The number of nitrogen functional groups attached to an aromatic ring is 2. The van der Waals surface area contributed by atoms with Crippen LogP contribution in [0.1, 0.15) is 250 Å². The maximum Gasteiger partial charge on any atom is 0.490 e. The molecule has 12 atom stereocenters. The number of anilines is 2. The number of rotatable bonds is 50. The van der Waals surface area contributed by atoms with Gasteiger partial charge < -0.3 is 85.1 Å². The van der Waals surface area contributed by atoms with Gasteiger partial charge in [-0.3, -0.25) is 13.7 Å². The zero-order chi connectivity index (χ0) is 77.5. The summed E-state index contributed by atoms with van der Waals surface area (Å²) in [5.41, 5.74) is 12.0. The summed E-state index contributed by atoms with van der Waals surface area (Å²) in [4.78, 5) is 73.8. The molecule has 609 valence electrons. The van der Waals surface area contributed by atoms with E-state index in [0.29, 0.717) is 0 Å². The van der Waals surface area contributed by atoms with E-state index in [0.717, 1.165) is 12.7 Å². The first kappa shape index (κ1) is 100. The normalized spacial score (nSPS) is 20.7. The first-order chi connectivity index (χ1) is 49.7. The number of nitrogens with zero attached hydrogens (tertiary/aromatic N) is 12. The molecule has 0 aliphatic carbocycles. The molecular formula is C68H136BN14O18P4. The maximum atomic E-state index is 12.4. The summed E-state index contributed by atoms with van der Waals surface area (Å²) in [6.45, 7) is 41.2. The second-order valence-electron chi connectivity index (χ2n) is 26.3. The molecule has 12 N–H and O–H groups in total. The van der Waals surface area contributed by atoms with Crippen LogP contribution in [0.25, 0.3) is 22.3 Å². The fourth-order valence-electron chi connectivity index (χ4n) is 11.0. The third-order valence-electron chi connectivity index (χ3n) is 17.3. The molecule has 37 heteroatoms. The average Bonchev–Trinajstić information content (AvgIpc) is 1.63. The first-order valence-corrected chi connectivity index (χ1v) is 44.0. The fraction of sp³-hybridized carbons (Fsp3) is 0.853. The van der Waals surface area contributed by atoms with Crippen LogP contribution in [0.5, 0.6) is 0 Å². The van der Waals surface area contributed by atoms with Crippen LogP contribution < -0.4 is 11.5 Å². The van der Waals surface area contributed by atoms with E-state index < -0.39 is 94.4 Å². The highest BCUT2D eigenvalue weighted by atomic mass is 31.3. The number of unbranched alkanes of at least 4 members (excludes halogenated alkanes) is 12. The van der Waals surface area contributed by atoms with Gasteiger partial charge in [0.05, 0.1) is 25.9 Å². The van der Waals surface area contributed by atoms with Crippen molar-refractivity contribution in [1.29, 1.82) is 0 Å². The van der Waals surface area contributed by atoms with E-state index in [1.165, 1.54) is 254 Å². The zero-order valence-electron chi connectivity index (χ0n) is 65.3. The molecule has 2 saturated heterocycles. The van der Waals surface area contributed by atoms with Gasteiger partial charge in [0.2, 0.25) is 0 Å². The van der Waals surface area contributed by atoms with E-state index in [2.05, 4.69) is 150 Å². The lowest BCUT2D eigenvalue weighted by molar-refractivity contribution is -0.0503. The van der Waals surface area contributed by atoms with Crippen LogP contribution in [0, 0.1) is 0 Å². The molecule has 32 nitrogen and oxygen atoms in total. The number of nitrogens with two attached hydrogens (primary N) is 2. The highest BCUT2D eigenvalue weighted by Crippen LogP contribution is 2.70. The molecule has 6 rings (SSSR count). The number of imidazole rings is 2. The standard InChI is InChI=1S/C20H28N10O18P4.4C12H27N.B/c21-15-9-17(25-3-23-15)29(5-27-9)19-13(33)11(31)7(44-19)1-42-49(35)46-51(38,39)48-52(40,41)47-50(36,37)43-2-8-12(32)14(34)20(45-8)30-6-28-10-16(22)24-4-26-18(10)30;4*1-4-7-10-13(11-8-5-2)12-9-6-3;/h3-8,11-14,19-20,31-35H,1-2H2,(H,36,37)(H,38,39)(H,40,41)(H2,21,23,25)(H2,22,24,26);4*4-12H2,1-3H3;/t7-,8-,11-,12-,13-,14-,19-,20-,49+;;;;;/m1...../s1. The molecule has 6 heterocycles. The number of aliphatic hydroxyl groups is 4. The van der Waals surface area contributed by atoms with Crippen molar-refractivity contribution in [3.8, 4) is 0 Å². The van der Waals surface area contributed by atoms with Crippen molar-refractivity contribution in [2.75, 3.05) is 103 Å². The Kier molecular flexibility index (Phi) is 54.6. The van der Waals surface area contributed by atoms with E-state index >= 15 is 0 Å². The summed E-state index contributed by atoms with van der Waals surface area (Å²) in [5.74, 6) is 0.0304. The lowest BCUT2D eigenvalue weighted by Gasteiger charge is -2.21. The predicted octanol–water partition coefficient (Wildman–Crippen LogP) is 12.0. The number of fused-ring (bicyclic) bond motifs is 2. The van der Waals surface area contributed by atoms with Crippen molar-refractivity contribution in [2.45, 2.75) is 286 Å². The van der Waals surface area contributed by atoms with Crippen LogP contribution in [0.15, 0.2) is 25.3 Å². The summed E-state index contributed by atoms with van der Waals surface area (Å²) in [6.07, 6.45) is 24.6. The van der Waals surface area contributed by atoms with E-state index in [1.807, 2.05) is 0 Å². The molecule has 0 spiro atoms. The Morgan fingerprint density at radius 3 is 0.962 bits per heavy atom. The molecule has 0 saturated carbocycles. The van der Waals surface area contributed by atoms with Crippen molar-refractivity contribution < 1.29 is 85.1 Å².